The van der Waals surface area contributed by atoms with Crippen LogP contribution in [0.3, 0.4) is 0 Å². The van der Waals surface area contributed by atoms with Crippen molar-refractivity contribution in [2.24, 2.45) is 0 Å². The number of hydrogen-bond acceptors (Lipinski definition) is 6. The first kappa shape index (κ1) is 22.1. The summed E-state index contributed by atoms with van der Waals surface area (Å²) >= 11 is 0. The highest BCUT2D eigenvalue weighted by atomic mass is 32.2. The zero-order valence-electron chi connectivity index (χ0n) is 16.0. The second-order valence-corrected chi connectivity index (χ2v) is 10.1. The SMILES string of the molecule is CC(C)(C#CC(C)(C)OS(=O)(=O)c1ccccc1)OS(=O)(=O)c1ccccc1. The second-order valence-electron chi connectivity index (χ2n) is 6.97. The minimum Gasteiger partial charge on any atom is -0.247 e. The van der Waals surface area contributed by atoms with E-state index < -0.39 is 31.4 Å². The highest BCUT2D eigenvalue weighted by Crippen LogP contribution is 2.22. The lowest BCUT2D eigenvalue weighted by atomic mass is 10.1. The van der Waals surface area contributed by atoms with Crippen LogP contribution in [0.4, 0.5) is 0 Å². The van der Waals surface area contributed by atoms with Gasteiger partial charge in [0.25, 0.3) is 20.2 Å². The van der Waals surface area contributed by atoms with Gasteiger partial charge in [-0.25, -0.2) is 8.37 Å². The van der Waals surface area contributed by atoms with Crippen molar-refractivity contribution in [2.75, 3.05) is 0 Å². The average molecular weight is 423 g/mol. The summed E-state index contributed by atoms with van der Waals surface area (Å²) in [6.07, 6.45) is 0. The van der Waals surface area contributed by atoms with E-state index in [1.54, 1.807) is 36.4 Å². The minimum absolute atomic E-state index is 0.00652. The molecule has 150 valence electrons. The molecule has 0 saturated heterocycles. The molecule has 0 fully saturated rings. The Labute approximate surface area is 166 Å². The predicted molar refractivity (Wildman–Crippen MR) is 105 cm³/mol. The summed E-state index contributed by atoms with van der Waals surface area (Å²) in [5, 5.41) is 0. The number of rotatable bonds is 6. The minimum atomic E-state index is -4.03. The molecule has 2 aromatic carbocycles. The molecular formula is C20H22O6S2. The van der Waals surface area contributed by atoms with E-state index in [9.17, 15) is 16.8 Å². The van der Waals surface area contributed by atoms with Gasteiger partial charge in [-0.15, -0.1) is 0 Å². The van der Waals surface area contributed by atoms with E-state index in [-0.39, 0.29) is 9.79 Å². The molecule has 0 N–H and O–H groups in total. The number of hydrogen-bond donors (Lipinski definition) is 0. The van der Waals surface area contributed by atoms with Crippen LogP contribution in [-0.2, 0) is 28.6 Å². The second kappa shape index (κ2) is 8.05. The Balaban J connectivity index is 2.20. The maximum atomic E-state index is 12.4. The third-order valence-electron chi connectivity index (χ3n) is 3.36. The van der Waals surface area contributed by atoms with E-state index in [4.69, 9.17) is 8.37 Å². The fourth-order valence-electron chi connectivity index (χ4n) is 2.16. The summed E-state index contributed by atoms with van der Waals surface area (Å²) in [7, 11) is -8.05. The lowest BCUT2D eigenvalue weighted by Crippen LogP contribution is -2.30. The van der Waals surface area contributed by atoms with Crippen LogP contribution in [0.15, 0.2) is 70.5 Å². The molecule has 0 atom stereocenters. The first-order valence-corrected chi connectivity index (χ1v) is 11.2. The normalized spacial score (nSPS) is 12.9. The van der Waals surface area contributed by atoms with Crippen LogP contribution < -0.4 is 0 Å². The molecule has 0 spiro atoms. The fourth-order valence-corrected chi connectivity index (χ4v) is 4.52. The molecule has 0 unspecified atom stereocenters. The monoisotopic (exact) mass is 422 g/mol. The summed E-state index contributed by atoms with van der Waals surface area (Å²) in [6.45, 7) is 5.90. The third-order valence-corrected chi connectivity index (χ3v) is 6.34. The van der Waals surface area contributed by atoms with Crippen molar-refractivity contribution in [3.8, 4) is 11.8 Å². The van der Waals surface area contributed by atoms with Gasteiger partial charge in [-0.3, -0.25) is 0 Å². The predicted octanol–water partition coefficient (Wildman–Crippen LogP) is 3.36. The van der Waals surface area contributed by atoms with Crippen LogP contribution in [0.2, 0.25) is 0 Å². The zero-order valence-corrected chi connectivity index (χ0v) is 17.7. The van der Waals surface area contributed by atoms with Crippen LogP contribution in [0.1, 0.15) is 27.7 Å². The molecule has 2 aromatic rings. The summed E-state index contributed by atoms with van der Waals surface area (Å²) < 4.78 is 59.9. The summed E-state index contributed by atoms with van der Waals surface area (Å²) in [6, 6.07) is 15.4. The van der Waals surface area contributed by atoms with Crippen molar-refractivity contribution in [2.45, 2.75) is 48.7 Å². The van der Waals surface area contributed by atoms with Gasteiger partial charge >= 0.3 is 0 Å². The Morgan fingerprint density at radius 2 is 0.893 bits per heavy atom. The highest BCUT2D eigenvalue weighted by Gasteiger charge is 2.29. The summed E-state index contributed by atoms with van der Waals surface area (Å²) in [5.74, 6) is 5.32. The largest absolute Gasteiger partial charge is 0.298 e. The lowest BCUT2D eigenvalue weighted by Gasteiger charge is -2.21. The van der Waals surface area contributed by atoms with Gasteiger partial charge in [-0.05, 0) is 52.0 Å². The molecule has 0 heterocycles. The molecule has 0 aliphatic carbocycles. The fraction of sp³-hybridized carbons (Fsp3) is 0.300. The van der Waals surface area contributed by atoms with Crippen molar-refractivity contribution in [3.05, 3.63) is 60.7 Å². The molecule has 8 heteroatoms. The maximum absolute atomic E-state index is 12.4. The van der Waals surface area contributed by atoms with Crippen molar-refractivity contribution in [1.29, 1.82) is 0 Å². The van der Waals surface area contributed by atoms with Gasteiger partial charge in [0.15, 0.2) is 0 Å². The van der Waals surface area contributed by atoms with Crippen molar-refractivity contribution < 1.29 is 25.2 Å². The Morgan fingerprint density at radius 1 is 0.607 bits per heavy atom. The van der Waals surface area contributed by atoms with Gasteiger partial charge in [-0.2, -0.15) is 16.8 Å². The Hall–Kier alpha value is -2.18. The lowest BCUT2D eigenvalue weighted by molar-refractivity contribution is 0.168. The van der Waals surface area contributed by atoms with Gasteiger partial charge < -0.3 is 0 Å². The van der Waals surface area contributed by atoms with E-state index in [0.29, 0.717) is 0 Å². The van der Waals surface area contributed by atoms with Crippen LogP contribution in [0, 0.1) is 11.8 Å². The Kier molecular flexibility index (Phi) is 6.36. The standard InChI is InChI=1S/C20H22O6S2/c1-19(2,25-27(21,22)17-11-7-5-8-12-17)15-16-20(3,4)26-28(23,24)18-13-9-6-10-14-18/h5-14H,1-4H3. The Morgan fingerprint density at radius 3 is 1.18 bits per heavy atom. The summed E-state index contributed by atoms with van der Waals surface area (Å²) in [5.41, 5.74) is -2.79. The van der Waals surface area contributed by atoms with E-state index in [0.717, 1.165) is 0 Å². The van der Waals surface area contributed by atoms with Gasteiger partial charge in [0.1, 0.15) is 11.2 Å². The van der Waals surface area contributed by atoms with E-state index >= 15 is 0 Å². The smallest absolute Gasteiger partial charge is 0.247 e. The van der Waals surface area contributed by atoms with Gasteiger partial charge in [0.05, 0.1) is 9.79 Å². The van der Waals surface area contributed by atoms with Crippen LogP contribution in [0.25, 0.3) is 0 Å². The van der Waals surface area contributed by atoms with Crippen LogP contribution in [-0.4, -0.2) is 28.0 Å². The molecule has 0 aliphatic rings. The highest BCUT2D eigenvalue weighted by molar-refractivity contribution is 7.87. The molecule has 0 radical (unpaired) electrons. The van der Waals surface area contributed by atoms with Crippen LogP contribution >= 0.6 is 0 Å². The van der Waals surface area contributed by atoms with Crippen LogP contribution in [0.5, 0.6) is 0 Å². The maximum Gasteiger partial charge on any atom is 0.298 e. The van der Waals surface area contributed by atoms with Crippen molar-refractivity contribution in [3.63, 3.8) is 0 Å². The van der Waals surface area contributed by atoms with E-state index in [1.807, 2.05) is 0 Å². The van der Waals surface area contributed by atoms with Crippen molar-refractivity contribution in [1.82, 2.24) is 0 Å². The van der Waals surface area contributed by atoms with Gasteiger partial charge in [0, 0.05) is 0 Å². The third kappa shape index (κ3) is 6.17. The molecule has 0 aromatic heterocycles. The summed E-state index contributed by atoms with van der Waals surface area (Å²) in [4.78, 5) is 0.0130. The van der Waals surface area contributed by atoms with Gasteiger partial charge in [-0.1, -0.05) is 48.2 Å². The van der Waals surface area contributed by atoms with Crippen molar-refractivity contribution >= 4 is 20.2 Å². The molecule has 0 bridgehead atoms. The topological polar surface area (TPSA) is 86.7 Å². The molecular weight excluding hydrogens is 400 g/mol. The Bertz CT molecular complexity index is 988. The first-order chi connectivity index (χ1) is 12.8. The molecule has 0 amide bonds. The zero-order chi connectivity index (χ0) is 21.1. The van der Waals surface area contributed by atoms with E-state index in [1.165, 1.54) is 52.0 Å². The molecule has 28 heavy (non-hydrogen) atoms. The molecule has 2 rings (SSSR count). The average Bonchev–Trinajstić information content (AvgIpc) is 2.60. The molecule has 6 nitrogen and oxygen atoms in total. The van der Waals surface area contributed by atoms with E-state index in [2.05, 4.69) is 11.8 Å². The first-order valence-electron chi connectivity index (χ1n) is 8.39. The number of benzene rings is 2. The molecule has 0 saturated carbocycles. The molecule has 0 aliphatic heterocycles. The quantitative estimate of drug-likeness (QED) is 0.524. The van der Waals surface area contributed by atoms with Gasteiger partial charge in [0.2, 0.25) is 0 Å².